The third kappa shape index (κ3) is 5.78. The van der Waals surface area contributed by atoms with Crippen molar-refractivity contribution in [2.24, 2.45) is 5.41 Å². The highest BCUT2D eigenvalue weighted by Crippen LogP contribution is 2.44. The minimum absolute atomic E-state index is 0.0758. The number of hydrogen-bond acceptors (Lipinski definition) is 5. The van der Waals surface area contributed by atoms with Crippen LogP contribution in [-0.2, 0) is 10.1 Å². The Hall–Kier alpha value is -4.14. The van der Waals surface area contributed by atoms with Gasteiger partial charge >= 0.3 is 5.97 Å². The molecule has 0 unspecified atom stereocenters. The number of nitrogens with one attached hydrogen (secondary N) is 1. The minimum atomic E-state index is -4.33. The van der Waals surface area contributed by atoms with Gasteiger partial charge in [-0.25, -0.2) is 4.79 Å². The summed E-state index contributed by atoms with van der Waals surface area (Å²) in [6.45, 7) is 16.5. The van der Waals surface area contributed by atoms with Crippen LogP contribution in [-0.4, -0.2) is 35.3 Å². The summed E-state index contributed by atoms with van der Waals surface area (Å²) in [7, 11) is -4.33. The highest BCUT2D eigenvalue weighted by Gasteiger charge is 2.31. The molecule has 0 aliphatic carbocycles. The largest absolute Gasteiger partial charge is 0.478 e. The molecule has 5 rings (SSSR count). The molecule has 0 amide bonds. The third-order valence-corrected chi connectivity index (χ3v) is 7.94. The molecule has 8 heteroatoms. The number of ether oxygens (including phenoxy) is 1. The van der Waals surface area contributed by atoms with E-state index < -0.39 is 27.4 Å². The van der Waals surface area contributed by atoms with E-state index in [1.165, 1.54) is 0 Å². The molecule has 3 aromatic carbocycles. The van der Waals surface area contributed by atoms with Gasteiger partial charge in [0, 0.05) is 33.7 Å². The lowest BCUT2D eigenvalue weighted by Crippen LogP contribution is -2.33. The predicted molar refractivity (Wildman–Crippen MR) is 168 cm³/mol. The summed E-state index contributed by atoms with van der Waals surface area (Å²) in [5.41, 5.74) is 4.82. The monoisotopic (exact) mass is 585 g/mol. The summed E-state index contributed by atoms with van der Waals surface area (Å²) in [5.74, 6) is -0.603. The van der Waals surface area contributed by atoms with Gasteiger partial charge in [0.05, 0.1) is 11.1 Å². The zero-order chi connectivity index (χ0) is 30.8. The van der Waals surface area contributed by atoms with Gasteiger partial charge in [0.15, 0.2) is 0 Å². The molecule has 3 N–H and O–H groups in total. The fraction of sp³-hybridized carbons (Fsp3) is 0.265. The van der Waals surface area contributed by atoms with Crippen molar-refractivity contribution in [3.8, 4) is 11.5 Å². The molecule has 42 heavy (non-hydrogen) atoms. The van der Waals surface area contributed by atoms with Crippen LogP contribution in [0.2, 0.25) is 0 Å². The van der Waals surface area contributed by atoms with Crippen molar-refractivity contribution in [1.29, 1.82) is 0 Å². The van der Waals surface area contributed by atoms with E-state index >= 15 is 0 Å². The topological polar surface area (TPSA) is 113 Å². The molecule has 0 radical (unpaired) electrons. The molecule has 0 atom stereocenters. The Labute approximate surface area is 246 Å². The van der Waals surface area contributed by atoms with Gasteiger partial charge in [-0.2, -0.15) is 8.42 Å². The second-order valence-electron chi connectivity index (χ2n) is 12.7. The van der Waals surface area contributed by atoms with Gasteiger partial charge in [-0.05, 0) is 77.9 Å². The Balaban J connectivity index is 1.90. The number of carboxylic acid groups (broad SMARTS) is 1. The number of benzene rings is 3. The van der Waals surface area contributed by atoms with Crippen LogP contribution in [0, 0.1) is 5.41 Å². The van der Waals surface area contributed by atoms with Crippen LogP contribution in [0.1, 0.15) is 74.2 Å². The van der Waals surface area contributed by atoms with Crippen LogP contribution in [0.3, 0.4) is 0 Å². The summed E-state index contributed by atoms with van der Waals surface area (Å²) >= 11 is 0. The summed E-state index contributed by atoms with van der Waals surface area (Å²) < 4.78 is 40.2. The lowest BCUT2D eigenvalue weighted by Gasteiger charge is -2.34. The SMILES string of the molecule is C=c1cc2c(cc1/C(C)=C\C(C)(C)C)=C(c1ccccc1C(=O)O)c1cc3c(cc1O2)NC(C)(C)C=C3CS(=O)(=O)O. The smallest absolute Gasteiger partial charge is 0.336 e. The molecule has 0 saturated heterocycles. The van der Waals surface area contributed by atoms with E-state index in [4.69, 9.17) is 4.74 Å². The molecule has 0 bridgehead atoms. The van der Waals surface area contributed by atoms with Crippen LogP contribution < -0.4 is 20.5 Å². The van der Waals surface area contributed by atoms with Gasteiger partial charge in [0.2, 0.25) is 0 Å². The quantitative estimate of drug-likeness (QED) is 0.244. The van der Waals surface area contributed by atoms with Crippen molar-refractivity contribution in [3.05, 3.63) is 98.9 Å². The van der Waals surface area contributed by atoms with Crippen molar-refractivity contribution in [2.45, 2.75) is 47.1 Å². The number of carboxylic acids is 1. The first kappa shape index (κ1) is 29.4. The van der Waals surface area contributed by atoms with Crippen LogP contribution in [0.4, 0.5) is 5.69 Å². The van der Waals surface area contributed by atoms with Crippen LogP contribution in [0.5, 0.6) is 11.5 Å². The zero-order valence-corrected chi connectivity index (χ0v) is 25.4. The number of allylic oxidation sites excluding steroid dienone is 2. The van der Waals surface area contributed by atoms with E-state index in [1.807, 2.05) is 39.0 Å². The Morgan fingerprint density at radius 1 is 1.02 bits per heavy atom. The molecule has 7 nitrogen and oxygen atoms in total. The molecule has 0 spiro atoms. The van der Waals surface area contributed by atoms with Gasteiger partial charge < -0.3 is 15.2 Å². The maximum atomic E-state index is 12.4. The highest BCUT2D eigenvalue weighted by molar-refractivity contribution is 7.86. The lowest BCUT2D eigenvalue weighted by molar-refractivity contribution is 0.0696. The second-order valence-corrected chi connectivity index (χ2v) is 14.1. The minimum Gasteiger partial charge on any atom is -0.478 e. The third-order valence-electron chi connectivity index (χ3n) is 7.26. The van der Waals surface area contributed by atoms with Gasteiger partial charge in [-0.3, -0.25) is 4.55 Å². The van der Waals surface area contributed by atoms with Crippen molar-refractivity contribution in [2.75, 3.05) is 11.1 Å². The molecule has 0 aromatic heterocycles. The van der Waals surface area contributed by atoms with E-state index in [0.717, 1.165) is 16.4 Å². The molecular weight excluding hydrogens is 550 g/mol. The summed E-state index contributed by atoms with van der Waals surface area (Å²) in [4.78, 5) is 12.4. The van der Waals surface area contributed by atoms with Gasteiger partial charge in [-0.15, -0.1) is 0 Å². The Morgan fingerprint density at radius 2 is 1.71 bits per heavy atom. The fourth-order valence-corrected chi connectivity index (χ4v) is 6.51. The Kier molecular flexibility index (Phi) is 6.99. The first-order chi connectivity index (χ1) is 19.4. The molecule has 2 heterocycles. The maximum Gasteiger partial charge on any atom is 0.336 e. The normalized spacial score (nSPS) is 15.9. The zero-order valence-electron chi connectivity index (χ0n) is 24.6. The van der Waals surface area contributed by atoms with Crippen LogP contribution in [0.15, 0.2) is 60.7 Å². The molecule has 2 aliphatic rings. The van der Waals surface area contributed by atoms with Gasteiger partial charge in [-0.1, -0.05) is 57.7 Å². The number of carbonyl (C=O) groups is 1. The van der Waals surface area contributed by atoms with Gasteiger partial charge in [0.25, 0.3) is 10.1 Å². The lowest BCUT2D eigenvalue weighted by atomic mass is 9.84. The molecular formula is C34H35NO6S. The standard InChI is InChI=1S/C34H35NO6S/c1-19-12-29-26(13-24(19)20(2)16-33(3,4)5)31(22-10-8-9-11-23(22)32(36)37)27-14-25-21(18-42(38,39)40)17-34(6,7)35-28(25)15-30(27)41-29/h8-17,35H,1,18H2,2-7H3,(H,36,37)(H,38,39,40)/b20-16-. The number of fused-ring (bicyclic) bond motifs is 3. The number of anilines is 1. The average Bonchev–Trinajstić information content (AvgIpc) is 2.83. The van der Waals surface area contributed by atoms with Crippen molar-refractivity contribution in [3.63, 3.8) is 0 Å². The average molecular weight is 586 g/mol. The number of hydrogen-bond donors (Lipinski definition) is 3. The molecule has 3 aromatic rings. The predicted octanol–water partition coefficient (Wildman–Crippen LogP) is 6.07. The second kappa shape index (κ2) is 10.00. The summed E-state index contributed by atoms with van der Waals surface area (Å²) in [6, 6.07) is 14.3. The van der Waals surface area contributed by atoms with Gasteiger partial charge in [0.1, 0.15) is 17.3 Å². The number of aromatic carboxylic acids is 1. The van der Waals surface area contributed by atoms with Crippen molar-refractivity contribution in [1.82, 2.24) is 0 Å². The van der Waals surface area contributed by atoms with E-state index in [1.54, 1.807) is 36.4 Å². The fourth-order valence-electron chi connectivity index (χ4n) is 5.88. The number of rotatable bonds is 5. The first-order valence-corrected chi connectivity index (χ1v) is 15.2. The van der Waals surface area contributed by atoms with E-state index in [9.17, 15) is 22.9 Å². The Morgan fingerprint density at radius 3 is 2.36 bits per heavy atom. The highest BCUT2D eigenvalue weighted by atomic mass is 32.2. The van der Waals surface area contributed by atoms with Crippen LogP contribution >= 0.6 is 0 Å². The van der Waals surface area contributed by atoms with E-state index in [-0.39, 0.29) is 11.0 Å². The van der Waals surface area contributed by atoms with Crippen molar-refractivity contribution >= 4 is 45.1 Å². The molecule has 2 aliphatic heterocycles. The molecule has 218 valence electrons. The van der Waals surface area contributed by atoms with E-state index in [0.29, 0.717) is 50.2 Å². The first-order valence-electron chi connectivity index (χ1n) is 13.6. The van der Waals surface area contributed by atoms with Crippen molar-refractivity contribution < 1.29 is 27.6 Å². The summed E-state index contributed by atoms with van der Waals surface area (Å²) in [5, 5.41) is 15.0. The van der Waals surface area contributed by atoms with E-state index in [2.05, 4.69) is 38.7 Å². The molecule has 0 saturated carbocycles. The maximum absolute atomic E-state index is 12.4. The molecule has 0 fully saturated rings. The summed E-state index contributed by atoms with van der Waals surface area (Å²) in [6.07, 6.45) is 3.95. The Bertz CT molecular complexity index is 1940. The van der Waals surface area contributed by atoms with Crippen LogP contribution in [0.25, 0.3) is 23.3 Å².